The number of benzene rings is 2. The Kier molecular flexibility index (Phi) is 3.75. The number of amides is 2. The molecule has 2 aromatic rings. The van der Waals surface area contributed by atoms with E-state index in [1.54, 1.807) is 12.1 Å². The zero-order valence-electron chi connectivity index (χ0n) is 11.1. The van der Waals surface area contributed by atoms with Gasteiger partial charge in [0.15, 0.2) is 0 Å². The Bertz CT molecular complexity index is 688. The number of hydrogen-bond acceptors (Lipinski definition) is 3. The number of carbonyl (C=O) groups is 2. The fourth-order valence-corrected chi connectivity index (χ4v) is 2.76. The quantitative estimate of drug-likeness (QED) is 0.870. The van der Waals surface area contributed by atoms with Gasteiger partial charge in [-0.05, 0) is 40.2 Å². The van der Waals surface area contributed by atoms with E-state index in [1.165, 1.54) is 4.90 Å². The van der Waals surface area contributed by atoms with E-state index in [-0.39, 0.29) is 18.2 Å². The highest BCUT2D eigenvalue weighted by atomic mass is 79.9. The molecule has 1 saturated heterocycles. The highest BCUT2D eigenvalue weighted by molar-refractivity contribution is 9.10. The van der Waals surface area contributed by atoms with Gasteiger partial charge in [-0.25, -0.2) is 4.90 Å². The first-order chi connectivity index (χ1) is 10.2. The van der Waals surface area contributed by atoms with Gasteiger partial charge in [0.05, 0.1) is 12.1 Å². The molecule has 5 heteroatoms. The van der Waals surface area contributed by atoms with Gasteiger partial charge >= 0.3 is 0 Å². The Labute approximate surface area is 130 Å². The van der Waals surface area contributed by atoms with Gasteiger partial charge in [-0.2, -0.15) is 0 Å². The van der Waals surface area contributed by atoms with Crippen molar-refractivity contribution >= 4 is 39.1 Å². The third kappa shape index (κ3) is 2.69. The van der Waals surface area contributed by atoms with Crippen LogP contribution in [-0.4, -0.2) is 17.9 Å². The van der Waals surface area contributed by atoms with Gasteiger partial charge in [0.25, 0.3) is 5.91 Å². The lowest BCUT2D eigenvalue weighted by atomic mass is 10.2. The average Bonchev–Trinajstić information content (AvgIpc) is 2.77. The van der Waals surface area contributed by atoms with E-state index < -0.39 is 6.04 Å². The van der Waals surface area contributed by atoms with Crippen LogP contribution < -0.4 is 10.2 Å². The first-order valence-electron chi connectivity index (χ1n) is 6.60. The van der Waals surface area contributed by atoms with E-state index in [0.717, 1.165) is 10.2 Å². The SMILES string of the molecule is O=C1C[C@@H](Nc2ccccc2Br)C(=O)N1c1ccccc1. The largest absolute Gasteiger partial charge is 0.372 e. The molecule has 0 spiro atoms. The number of nitrogens with one attached hydrogen (secondary N) is 1. The summed E-state index contributed by atoms with van der Waals surface area (Å²) in [6.45, 7) is 0. The van der Waals surface area contributed by atoms with Crippen LogP contribution in [0.2, 0.25) is 0 Å². The molecule has 0 saturated carbocycles. The van der Waals surface area contributed by atoms with Crippen LogP contribution in [0.1, 0.15) is 6.42 Å². The minimum Gasteiger partial charge on any atom is -0.372 e. The van der Waals surface area contributed by atoms with E-state index in [4.69, 9.17) is 0 Å². The van der Waals surface area contributed by atoms with Crippen molar-refractivity contribution < 1.29 is 9.59 Å². The summed E-state index contributed by atoms with van der Waals surface area (Å²) in [6, 6.07) is 16.0. The first kappa shape index (κ1) is 13.8. The van der Waals surface area contributed by atoms with Crippen LogP contribution in [0.3, 0.4) is 0 Å². The molecule has 2 amide bonds. The summed E-state index contributed by atoms with van der Waals surface area (Å²) in [4.78, 5) is 25.8. The van der Waals surface area contributed by atoms with Crippen molar-refractivity contribution in [3.05, 3.63) is 59.1 Å². The third-order valence-electron chi connectivity index (χ3n) is 3.36. The molecule has 1 atom stereocenters. The number of hydrogen-bond donors (Lipinski definition) is 1. The predicted octanol–water partition coefficient (Wildman–Crippen LogP) is 3.19. The molecule has 3 rings (SSSR count). The zero-order valence-corrected chi connectivity index (χ0v) is 12.7. The Balaban J connectivity index is 1.83. The number of carbonyl (C=O) groups excluding carboxylic acids is 2. The van der Waals surface area contributed by atoms with Crippen molar-refractivity contribution in [3.63, 3.8) is 0 Å². The number of imide groups is 1. The van der Waals surface area contributed by atoms with E-state index in [9.17, 15) is 9.59 Å². The topological polar surface area (TPSA) is 49.4 Å². The fourth-order valence-electron chi connectivity index (χ4n) is 2.36. The summed E-state index contributed by atoms with van der Waals surface area (Å²) in [5, 5.41) is 3.13. The van der Waals surface area contributed by atoms with Crippen molar-refractivity contribution in [2.45, 2.75) is 12.5 Å². The normalized spacial score (nSPS) is 18.1. The van der Waals surface area contributed by atoms with Gasteiger partial charge in [-0.3, -0.25) is 9.59 Å². The molecule has 1 heterocycles. The summed E-state index contributed by atoms with van der Waals surface area (Å²) in [6.07, 6.45) is 0.162. The maximum atomic E-state index is 12.5. The molecule has 0 unspecified atom stereocenters. The average molecular weight is 345 g/mol. The highest BCUT2D eigenvalue weighted by Gasteiger charge is 2.39. The lowest BCUT2D eigenvalue weighted by molar-refractivity contribution is -0.121. The molecule has 21 heavy (non-hydrogen) atoms. The molecule has 0 aliphatic carbocycles. The van der Waals surface area contributed by atoms with E-state index in [1.807, 2.05) is 42.5 Å². The minimum absolute atomic E-state index is 0.162. The molecular weight excluding hydrogens is 332 g/mol. The van der Waals surface area contributed by atoms with Crippen molar-refractivity contribution in [1.29, 1.82) is 0 Å². The van der Waals surface area contributed by atoms with Crippen LogP contribution in [0.4, 0.5) is 11.4 Å². The van der Waals surface area contributed by atoms with Crippen molar-refractivity contribution in [3.8, 4) is 0 Å². The maximum absolute atomic E-state index is 12.5. The summed E-state index contributed by atoms with van der Waals surface area (Å²) in [7, 11) is 0. The fraction of sp³-hybridized carbons (Fsp3) is 0.125. The molecule has 4 nitrogen and oxygen atoms in total. The second-order valence-corrected chi connectivity index (χ2v) is 5.64. The van der Waals surface area contributed by atoms with E-state index in [0.29, 0.717) is 5.69 Å². The third-order valence-corrected chi connectivity index (χ3v) is 4.06. The molecule has 0 bridgehead atoms. The van der Waals surface area contributed by atoms with Crippen LogP contribution in [0.5, 0.6) is 0 Å². The Hall–Kier alpha value is -2.14. The Morgan fingerprint density at radius 3 is 2.38 bits per heavy atom. The van der Waals surface area contributed by atoms with Gasteiger partial charge in [-0.1, -0.05) is 30.3 Å². The summed E-state index contributed by atoms with van der Waals surface area (Å²) in [5.41, 5.74) is 1.42. The summed E-state index contributed by atoms with van der Waals surface area (Å²) >= 11 is 3.43. The monoisotopic (exact) mass is 344 g/mol. The molecule has 1 aliphatic heterocycles. The van der Waals surface area contributed by atoms with Gasteiger partial charge in [-0.15, -0.1) is 0 Å². The number of para-hydroxylation sites is 2. The van der Waals surface area contributed by atoms with Crippen LogP contribution in [0.15, 0.2) is 59.1 Å². The molecule has 1 N–H and O–H groups in total. The molecule has 1 fully saturated rings. The van der Waals surface area contributed by atoms with Crippen LogP contribution in [-0.2, 0) is 9.59 Å². The Morgan fingerprint density at radius 1 is 1.00 bits per heavy atom. The summed E-state index contributed by atoms with van der Waals surface area (Å²) < 4.78 is 0.864. The van der Waals surface area contributed by atoms with Gasteiger partial charge in [0.1, 0.15) is 6.04 Å². The summed E-state index contributed by atoms with van der Waals surface area (Å²) in [5.74, 6) is -0.405. The second-order valence-electron chi connectivity index (χ2n) is 4.78. The van der Waals surface area contributed by atoms with Crippen molar-refractivity contribution in [1.82, 2.24) is 0 Å². The van der Waals surface area contributed by atoms with Gasteiger partial charge < -0.3 is 5.32 Å². The van der Waals surface area contributed by atoms with E-state index >= 15 is 0 Å². The lowest BCUT2D eigenvalue weighted by Crippen LogP contribution is -2.34. The molecule has 0 aromatic heterocycles. The predicted molar refractivity (Wildman–Crippen MR) is 85.1 cm³/mol. The Morgan fingerprint density at radius 2 is 1.67 bits per heavy atom. The number of rotatable bonds is 3. The van der Waals surface area contributed by atoms with Crippen LogP contribution in [0.25, 0.3) is 0 Å². The molecule has 2 aromatic carbocycles. The molecule has 0 radical (unpaired) electrons. The first-order valence-corrected chi connectivity index (χ1v) is 7.39. The van der Waals surface area contributed by atoms with Gasteiger partial charge in [0, 0.05) is 10.2 Å². The maximum Gasteiger partial charge on any atom is 0.256 e. The van der Waals surface area contributed by atoms with Crippen molar-refractivity contribution in [2.24, 2.45) is 0 Å². The number of nitrogens with zero attached hydrogens (tertiary/aromatic N) is 1. The minimum atomic E-state index is -0.531. The lowest BCUT2D eigenvalue weighted by Gasteiger charge is -2.16. The zero-order chi connectivity index (χ0) is 14.8. The highest BCUT2D eigenvalue weighted by Crippen LogP contribution is 2.27. The smallest absolute Gasteiger partial charge is 0.256 e. The van der Waals surface area contributed by atoms with Crippen molar-refractivity contribution in [2.75, 3.05) is 10.2 Å². The molecular formula is C16H13BrN2O2. The standard InChI is InChI=1S/C16H13BrN2O2/c17-12-8-4-5-9-13(12)18-14-10-15(20)19(16(14)21)11-6-2-1-3-7-11/h1-9,14,18H,10H2/t14-/m1/s1. The number of halogens is 1. The molecule has 1 aliphatic rings. The number of anilines is 2. The molecule has 106 valence electrons. The van der Waals surface area contributed by atoms with E-state index in [2.05, 4.69) is 21.2 Å². The second kappa shape index (κ2) is 5.69. The van der Waals surface area contributed by atoms with Gasteiger partial charge in [0.2, 0.25) is 5.91 Å². The van der Waals surface area contributed by atoms with Crippen LogP contribution >= 0.6 is 15.9 Å². The van der Waals surface area contributed by atoms with Crippen LogP contribution in [0, 0.1) is 0 Å².